The van der Waals surface area contributed by atoms with Gasteiger partial charge in [0.1, 0.15) is 0 Å². The minimum atomic E-state index is -3.80. The van der Waals surface area contributed by atoms with E-state index in [1.54, 1.807) is 31.2 Å². The van der Waals surface area contributed by atoms with Crippen molar-refractivity contribution < 1.29 is 37.0 Å². The highest BCUT2D eigenvalue weighted by atomic mass is 32.2. The topological polar surface area (TPSA) is 116 Å². The largest absolute Gasteiger partial charge is 0.468 e. The van der Waals surface area contributed by atoms with Crippen LogP contribution in [0.15, 0.2) is 51.5 Å². The molecule has 1 saturated carbocycles. The van der Waals surface area contributed by atoms with Crippen molar-refractivity contribution in [2.45, 2.75) is 31.6 Å². The zero-order valence-corrected chi connectivity index (χ0v) is 21.2. The van der Waals surface area contributed by atoms with E-state index in [1.165, 1.54) is 25.6 Å². The number of nitrogens with zero attached hydrogens (tertiary/aromatic N) is 1. The van der Waals surface area contributed by atoms with Crippen LogP contribution in [0.1, 0.15) is 25.3 Å². The standard InChI is InChI=1S/C25H29NO8S/c1-14-6-8-16(9-7-14)35(30,31)26-12-19-15(2)21(22(27)32-3)18-11-25(23(28)33-4,24(29)34-5)10-17(18)20(19)13-26/h6-9,17,20H,10-13H2,1-5H3. The Morgan fingerprint density at radius 1 is 0.914 bits per heavy atom. The van der Waals surface area contributed by atoms with E-state index >= 15 is 0 Å². The molecule has 3 aliphatic rings. The number of hydrogen-bond donors (Lipinski definition) is 0. The number of methoxy groups -OCH3 is 3. The third kappa shape index (κ3) is 3.79. The van der Waals surface area contributed by atoms with E-state index in [0.29, 0.717) is 16.7 Å². The Balaban J connectivity index is 1.80. The minimum absolute atomic E-state index is 0.0483. The summed E-state index contributed by atoms with van der Waals surface area (Å²) in [5.41, 5.74) is 1.66. The predicted octanol–water partition coefficient (Wildman–Crippen LogP) is 2.16. The first-order valence-electron chi connectivity index (χ1n) is 11.3. The number of benzene rings is 1. The van der Waals surface area contributed by atoms with E-state index in [4.69, 9.17) is 14.2 Å². The van der Waals surface area contributed by atoms with Crippen molar-refractivity contribution in [2.75, 3.05) is 34.4 Å². The van der Waals surface area contributed by atoms with Gasteiger partial charge in [-0.25, -0.2) is 13.2 Å². The number of rotatable bonds is 5. The lowest BCUT2D eigenvalue weighted by molar-refractivity contribution is -0.168. The number of allylic oxidation sites excluding steroid dienone is 1. The molecule has 9 nitrogen and oxygen atoms in total. The molecule has 2 atom stereocenters. The Labute approximate surface area is 204 Å². The van der Waals surface area contributed by atoms with Gasteiger partial charge in [0.05, 0.1) is 31.8 Å². The van der Waals surface area contributed by atoms with Gasteiger partial charge in [-0.2, -0.15) is 4.31 Å². The molecule has 0 bridgehead atoms. The molecular weight excluding hydrogens is 474 g/mol. The van der Waals surface area contributed by atoms with Crippen LogP contribution in [0.5, 0.6) is 0 Å². The number of aryl methyl sites for hydroxylation is 1. The van der Waals surface area contributed by atoms with Crippen LogP contribution in [-0.2, 0) is 38.6 Å². The van der Waals surface area contributed by atoms with E-state index in [1.807, 2.05) is 6.92 Å². The number of ether oxygens (including phenoxy) is 3. The molecule has 2 unspecified atom stereocenters. The zero-order chi connectivity index (χ0) is 25.7. The van der Waals surface area contributed by atoms with Gasteiger partial charge in [-0.05, 0) is 61.5 Å². The second-order valence-corrected chi connectivity index (χ2v) is 11.2. The summed E-state index contributed by atoms with van der Waals surface area (Å²) in [4.78, 5) is 38.7. The van der Waals surface area contributed by atoms with Gasteiger partial charge in [-0.3, -0.25) is 9.59 Å². The molecule has 35 heavy (non-hydrogen) atoms. The molecule has 4 rings (SSSR count). The van der Waals surface area contributed by atoms with Crippen molar-refractivity contribution in [1.82, 2.24) is 4.31 Å². The van der Waals surface area contributed by atoms with Gasteiger partial charge in [0.15, 0.2) is 5.41 Å². The first-order chi connectivity index (χ1) is 16.5. The van der Waals surface area contributed by atoms with Gasteiger partial charge in [0.2, 0.25) is 10.0 Å². The molecule has 0 spiro atoms. The number of carbonyl (C=O) groups excluding carboxylic acids is 3. The molecule has 0 aromatic heterocycles. The van der Waals surface area contributed by atoms with Gasteiger partial charge in [-0.1, -0.05) is 17.7 Å². The highest BCUT2D eigenvalue weighted by Gasteiger charge is 2.60. The van der Waals surface area contributed by atoms with Crippen molar-refractivity contribution in [3.63, 3.8) is 0 Å². The molecule has 2 fully saturated rings. The van der Waals surface area contributed by atoms with Gasteiger partial charge in [0, 0.05) is 19.0 Å². The van der Waals surface area contributed by atoms with Crippen molar-refractivity contribution >= 4 is 27.9 Å². The van der Waals surface area contributed by atoms with Crippen molar-refractivity contribution in [2.24, 2.45) is 17.3 Å². The van der Waals surface area contributed by atoms with Gasteiger partial charge in [0.25, 0.3) is 0 Å². The van der Waals surface area contributed by atoms with Crippen LogP contribution in [0, 0.1) is 24.2 Å². The first kappa shape index (κ1) is 25.1. The van der Waals surface area contributed by atoms with E-state index in [2.05, 4.69) is 0 Å². The predicted molar refractivity (Wildman–Crippen MR) is 124 cm³/mol. The average molecular weight is 504 g/mol. The van der Waals surface area contributed by atoms with Crippen LogP contribution in [0.2, 0.25) is 0 Å². The highest BCUT2D eigenvalue weighted by Crippen LogP contribution is 2.57. The SMILES string of the molecule is COC(=O)C1=C2CC(C(=O)OC)(C(=O)OC)CC2C2CN(S(=O)(=O)c3ccc(C)cc3)CC2=C1C. The molecular formula is C25H29NO8S. The fraction of sp³-hybridized carbons (Fsp3) is 0.480. The maximum absolute atomic E-state index is 13.4. The Hall–Kier alpha value is -2.98. The Morgan fingerprint density at radius 3 is 2.06 bits per heavy atom. The maximum atomic E-state index is 13.4. The van der Waals surface area contributed by atoms with E-state index in [-0.39, 0.29) is 36.7 Å². The summed E-state index contributed by atoms with van der Waals surface area (Å²) in [5.74, 6) is -2.78. The van der Waals surface area contributed by atoms with E-state index in [0.717, 1.165) is 11.1 Å². The van der Waals surface area contributed by atoms with Gasteiger partial charge < -0.3 is 14.2 Å². The zero-order valence-electron chi connectivity index (χ0n) is 20.4. The third-order valence-corrected chi connectivity index (χ3v) is 9.39. The molecule has 1 saturated heterocycles. The van der Waals surface area contributed by atoms with Crippen molar-refractivity contribution in [1.29, 1.82) is 0 Å². The van der Waals surface area contributed by atoms with Gasteiger partial charge >= 0.3 is 17.9 Å². The van der Waals surface area contributed by atoms with Crippen LogP contribution >= 0.6 is 0 Å². The Morgan fingerprint density at radius 2 is 1.51 bits per heavy atom. The van der Waals surface area contributed by atoms with Crippen LogP contribution in [-0.4, -0.2) is 65.0 Å². The highest BCUT2D eigenvalue weighted by molar-refractivity contribution is 7.89. The van der Waals surface area contributed by atoms with Crippen LogP contribution in [0.25, 0.3) is 0 Å². The maximum Gasteiger partial charge on any atom is 0.338 e. The molecule has 188 valence electrons. The van der Waals surface area contributed by atoms with Crippen LogP contribution < -0.4 is 0 Å². The van der Waals surface area contributed by atoms with E-state index in [9.17, 15) is 22.8 Å². The number of esters is 3. The van der Waals surface area contributed by atoms with Crippen LogP contribution in [0.3, 0.4) is 0 Å². The third-order valence-electron chi connectivity index (χ3n) is 7.57. The lowest BCUT2D eigenvalue weighted by Gasteiger charge is -2.30. The lowest BCUT2D eigenvalue weighted by Crippen LogP contribution is -2.39. The summed E-state index contributed by atoms with van der Waals surface area (Å²) >= 11 is 0. The molecule has 1 aromatic rings. The summed E-state index contributed by atoms with van der Waals surface area (Å²) in [5, 5.41) is 0. The van der Waals surface area contributed by atoms with Crippen molar-refractivity contribution in [3.8, 4) is 0 Å². The molecule has 0 N–H and O–H groups in total. The fourth-order valence-corrected chi connectivity index (χ4v) is 7.21. The Kier molecular flexibility index (Phi) is 6.39. The number of carbonyl (C=O) groups is 3. The van der Waals surface area contributed by atoms with Crippen molar-refractivity contribution in [3.05, 3.63) is 52.1 Å². The number of sulfonamides is 1. The van der Waals surface area contributed by atoms with Gasteiger partial charge in [-0.15, -0.1) is 0 Å². The molecule has 10 heteroatoms. The summed E-state index contributed by atoms with van der Waals surface area (Å²) < 4.78 is 43.3. The number of hydrogen-bond acceptors (Lipinski definition) is 8. The number of fused-ring (bicyclic) bond motifs is 3. The molecule has 1 aromatic carbocycles. The lowest BCUT2D eigenvalue weighted by atomic mass is 9.74. The summed E-state index contributed by atoms with van der Waals surface area (Å²) in [6.07, 6.45) is 0.00925. The molecule has 2 aliphatic carbocycles. The second-order valence-electron chi connectivity index (χ2n) is 9.31. The molecule has 0 radical (unpaired) electrons. The smallest absolute Gasteiger partial charge is 0.338 e. The average Bonchev–Trinajstić information content (AvgIpc) is 3.47. The summed E-state index contributed by atoms with van der Waals surface area (Å²) in [7, 11) is -0.135. The first-order valence-corrected chi connectivity index (χ1v) is 12.7. The minimum Gasteiger partial charge on any atom is -0.468 e. The van der Waals surface area contributed by atoms with E-state index < -0.39 is 39.3 Å². The fourth-order valence-electron chi connectivity index (χ4n) is 5.77. The summed E-state index contributed by atoms with van der Waals surface area (Å²) in [6, 6.07) is 6.64. The molecule has 1 aliphatic heterocycles. The molecule has 1 heterocycles. The van der Waals surface area contributed by atoms with Crippen LogP contribution in [0.4, 0.5) is 0 Å². The Bertz CT molecular complexity index is 1240. The summed E-state index contributed by atoms with van der Waals surface area (Å²) in [6.45, 7) is 3.92. The second kappa shape index (κ2) is 8.91. The molecule has 0 amide bonds. The quantitative estimate of drug-likeness (QED) is 0.341. The monoisotopic (exact) mass is 503 g/mol. The normalized spacial score (nSPS) is 23.6.